The number of nitrogens with one attached hydrogen (secondary N) is 2. The van der Waals surface area contributed by atoms with Gasteiger partial charge in [-0.3, -0.25) is 19.2 Å². The van der Waals surface area contributed by atoms with Gasteiger partial charge in [-0.05, 0) is 63.1 Å². The highest BCUT2D eigenvalue weighted by atomic mass is 19.1. The summed E-state index contributed by atoms with van der Waals surface area (Å²) < 4.78 is 39.8. The third-order valence-corrected chi connectivity index (χ3v) is 9.65. The van der Waals surface area contributed by atoms with Crippen molar-refractivity contribution in [1.82, 2.24) is 28.9 Å². The van der Waals surface area contributed by atoms with Gasteiger partial charge in [-0.2, -0.15) is 17.9 Å². The SMILES string of the molecule is C=C(C)[C@@H]1CCC(C)=C[C@H]1c1c(OC(=O)N(C)CCC(=O)n2c(=O)[nH]cc(F)c2=O)cc(CCCCC)cc1OC(=O)N(C)CCC(=O)n1c(=O)[nH]cc(F)c1=O. The summed E-state index contributed by atoms with van der Waals surface area (Å²) in [7, 11) is 2.65. The smallest absolute Gasteiger partial charge is 0.410 e. The van der Waals surface area contributed by atoms with Crippen LogP contribution >= 0.6 is 0 Å². The number of amides is 2. The van der Waals surface area contributed by atoms with Gasteiger partial charge in [0.15, 0.2) is 0 Å². The van der Waals surface area contributed by atoms with Gasteiger partial charge < -0.3 is 29.2 Å². The van der Waals surface area contributed by atoms with Crippen molar-refractivity contribution in [2.45, 2.75) is 78.1 Å². The Labute approximate surface area is 325 Å². The fraction of sp³-hybridized carbons (Fsp3) is 0.436. The minimum Gasteiger partial charge on any atom is -0.410 e. The molecular formula is C39H46F2N6O10. The van der Waals surface area contributed by atoms with Crippen LogP contribution in [0.5, 0.6) is 11.5 Å². The van der Waals surface area contributed by atoms with E-state index in [1.54, 1.807) is 12.1 Å². The van der Waals surface area contributed by atoms with Gasteiger partial charge in [-0.25, -0.2) is 19.2 Å². The highest BCUT2D eigenvalue weighted by Gasteiger charge is 2.33. The van der Waals surface area contributed by atoms with Crippen molar-refractivity contribution in [3.63, 3.8) is 0 Å². The Kier molecular flexibility index (Phi) is 14.6. The van der Waals surface area contributed by atoms with Crippen molar-refractivity contribution in [3.8, 4) is 11.5 Å². The number of carbonyl (C=O) groups is 4. The summed E-state index contributed by atoms with van der Waals surface area (Å²) in [5.74, 6) is -5.35. The van der Waals surface area contributed by atoms with Crippen LogP contribution in [0, 0.1) is 17.6 Å². The van der Waals surface area contributed by atoms with Crippen molar-refractivity contribution in [3.05, 3.63) is 113 Å². The van der Waals surface area contributed by atoms with Crippen molar-refractivity contribution in [2.75, 3.05) is 27.2 Å². The molecule has 306 valence electrons. The van der Waals surface area contributed by atoms with Crippen molar-refractivity contribution in [2.24, 2.45) is 5.92 Å². The molecule has 0 unspecified atom stereocenters. The van der Waals surface area contributed by atoms with Crippen LogP contribution in [0.2, 0.25) is 0 Å². The molecule has 0 fully saturated rings. The number of allylic oxidation sites excluding steroid dienone is 3. The Balaban J connectivity index is 1.69. The topological polar surface area (TPSA) is 203 Å². The van der Waals surface area contributed by atoms with Crippen molar-refractivity contribution in [1.29, 1.82) is 0 Å². The number of aromatic amines is 2. The molecule has 0 saturated carbocycles. The second-order valence-corrected chi connectivity index (χ2v) is 14.0. The first kappa shape index (κ1) is 43.5. The van der Waals surface area contributed by atoms with Crippen LogP contribution in [-0.2, 0) is 6.42 Å². The third kappa shape index (κ3) is 10.6. The molecule has 16 nitrogen and oxygen atoms in total. The van der Waals surface area contributed by atoms with Crippen LogP contribution in [-0.4, -0.2) is 80.1 Å². The highest BCUT2D eigenvalue weighted by molar-refractivity contribution is 5.80. The molecule has 1 aliphatic rings. The molecule has 2 aromatic heterocycles. The number of benzene rings is 1. The van der Waals surface area contributed by atoms with E-state index in [2.05, 4.69) is 6.58 Å². The van der Waals surface area contributed by atoms with Crippen LogP contribution in [0.15, 0.2) is 67.5 Å². The predicted molar refractivity (Wildman–Crippen MR) is 204 cm³/mol. The molecule has 1 aliphatic carbocycles. The lowest BCUT2D eigenvalue weighted by atomic mass is 9.73. The van der Waals surface area contributed by atoms with E-state index in [0.717, 1.165) is 46.6 Å². The number of hydrogen-bond acceptors (Lipinski definition) is 10. The molecule has 2 N–H and O–H groups in total. The summed E-state index contributed by atoms with van der Waals surface area (Å²) in [6, 6.07) is 3.35. The molecule has 2 atom stereocenters. The summed E-state index contributed by atoms with van der Waals surface area (Å²) >= 11 is 0. The fourth-order valence-corrected chi connectivity index (χ4v) is 6.41. The van der Waals surface area contributed by atoms with Crippen LogP contribution in [0.3, 0.4) is 0 Å². The van der Waals surface area contributed by atoms with E-state index in [1.165, 1.54) is 14.1 Å². The van der Waals surface area contributed by atoms with Gasteiger partial charge >= 0.3 is 23.6 Å². The quantitative estimate of drug-likeness (QED) is 0.170. The molecule has 0 aliphatic heterocycles. The van der Waals surface area contributed by atoms with E-state index in [9.17, 15) is 47.1 Å². The highest BCUT2D eigenvalue weighted by Crippen LogP contribution is 2.47. The van der Waals surface area contributed by atoms with Gasteiger partial charge in [-0.15, -0.1) is 0 Å². The van der Waals surface area contributed by atoms with Gasteiger partial charge in [-0.1, -0.05) is 43.6 Å². The summed E-state index contributed by atoms with van der Waals surface area (Å²) in [6.45, 7) is 9.35. The number of rotatable bonds is 14. The summed E-state index contributed by atoms with van der Waals surface area (Å²) in [6.07, 6.45) is 4.59. The lowest BCUT2D eigenvalue weighted by Gasteiger charge is -2.33. The molecule has 2 heterocycles. The molecule has 2 amide bonds. The van der Waals surface area contributed by atoms with Gasteiger partial charge in [0.2, 0.25) is 23.4 Å². The average Bonchev–Trinajstić information content (AvgIpc) is 3.16. The molecule has 0 radical (unpaired) electrons. The zero-order valence-corrected chi connectivity index (χ0v) is 32.4. The zero-order chi connectivity index (χ0) is 42.1. The van der Waals surface area contributed by atoms with Crippen LogP contribution < -0.4 is 32.0 Å². The van der Waals surface area contributed by atoms with Gasteiger partial charge in [0, 0.05) is 63.9 Å². The maximum absolute atomic E-state index is 13.8. The molecule has 0 bridgehead atoms. The predicted octanol–water partition coefficient (Wildman–Crippen LogP) is 4.74. The second kappa shape index (κ2) is 19.1. The molecule has 0 saturated heterocycles. The summed E-state index contributed by atoms with van der Waals surface area (Å²) in [5.41, 5.74) is -2.30. The van der Waals surface area contributed by atoms with E-state index in [0.29, 0.717) is 36.4 Å². The lowest BCUT2D eigenvalue weighted by molar-refractivity contribution is 0.0866. The number of carbonyl (C=O) groups excluding carboxylic acids is 4. The number of nitrogens with zero attached hydrogens (tertiary/aromatic N) is 4. The van der Waals surface area contributed by atoms with Gasteiger partial charge in [0.25, 0.3) is 11.1 Å². The molecule has 57 heavy (non-hydrogen) atoms. The first-order valence-corrected chi connectivity index (χ1v) is 18.4. The van der Waals surface area contributed by atoms with E-state index in [1.807, 2.05) is 36.8 Å². The number of halogens is 2. The molecular weight excluding hydrogens is 750 g/mol. The minimum absolute atomic E-state index is 0.0532. The number of hydrogen-bond donors (Lipinski definition) is 2. The molecule has 1 aromatic carbocycles. The fourth-order valence-electron chi connectivity index (χ4n) is 6.41. The van der Waals surface area contributed by atoms with E-state index in [-0.39, 0.29) is 39.6 Å². The maximum Gasteiger partial charge on any atom is 0.414 e. The number of aryl methyl sites for hydroxylation is 1. The largest absolute Gasteiger partial charge is 0.414 e. The lowest BCUT2D eigenvalue weighted by Crippen LogP contribution is -2.42. The summed E-state index contributed by atoms with van der Waals surface area (Å²) in [4.78, 5) is 107. The normalized spacial score (nSPS) is 15.0. The van der Waals surface area contributed by atoms with Crippen LogP contribution in [0.1, 0.15) is 92.4 Å². The second-order valence-electron chi connectivity index (χ2n) is 14.0. The molecule has 18 heteroatoms. The Morgan fingerprint density at radius 3 is 1.75 bits per heavy atom. The zero-order valence-electron chi connectivity index (χ0n) is 32.4. The molecule has 3 aromatic rings. The van der Waals surface area contributed by atoms with E-state index >= 15 is 0 Å². The van der Waals surface area contributed by atoms with Crippen LogP contribution in [0.25, 0.3) is 0 Å². The van der Waals surface area contributed by atoms with Crippen molar-refractivity contribution >= 4 is 24.0 Å². The Hall–Kier alpha value is -6.20. The minimum atomic E-state index is -1.43. The van der Waals surface area contributed by atoms with Gasteiger partial charge in [0.05, 0.1) is 0 Å². The maximum atomic E-state index is 13.8. The molecule has 4 rings (SSSR count). The Morgan fingerprint density at radius 2 is 1.32 bits per heavy atom. The third-order valence-electron chi connectivity index (χ3n) is 9.65. The van der Waals surface area contributed by atoms with Crippen molar-refractivity contribution < 1.29 is 37.4 Å². The first-order chi connectivity index (χ1) is 26.9. The number of ether oxygens (including phenoxy) is 2. The number of H-pyrrole nitrogens is 2. The van der Waals surface area contributed by atoms with Crippen LogP contribution in [0.4, 0.5) is 18.4 Å². The Bertz CT molecular complexity index is 2190. The van der Waals surface area contributed by atoms with E-state index < -0.39 is 76.9 Å². The monoisotopic (exact) mass is 796 g/mol. The van der Waals surface area contributed by atoms with Gasteiger partial charge in [0.1, 0.15) is 11.5 Å². The average molecular weight is 797 g/mol. The number of unbranched alkanes of at least 4 members (excludes halogenated alkanes) is 2. The number of aromatic nitrogens is 4. The first-order valence-electron chi connectivity index (χ1n) is 18.4. The Morgan fingerprint density at radius 1 is 0.842 bits per heavy atom. The molecule has 0 spiro atoms. The standard InChI is InChI=1S/C39H46F2N6O10/c1-7-8-9-10-24-18-29(56-38(54)44(5)15-13-31(48)46-34(50)27(40)20-42-36(46)52)33(26-17-23(4)11-12-25(26)22(2)3)30(19-24)57-39(55)45(6)16-14-32(49)47-35(51)28(41)21-43-37(47)53/h17-21,25-26H,2,7-16H2,1,3-6H3,(H,42,52)(H,43,53)/t25-,26+/m0/s1. The summed E-state index contributed by atoms with van der Waals surface area (Å²) in [5, 5.41) is 0. The van der Waals surface area contributed by atoms with E-state index in [4.69, 9.17) is 9.47 Å².